The van der Waals surface area contributed by atoms with Crippen LogP contribution in [0.25, 0.3) is 0 Å². The number of rotatable bonds is 6. The van der Waals surface area contributed by atoms with Crippen molar-refractivity contribution in [3.05, 3.63) is 77.6 Å². The maximum atomic E-state index is 12.7. The summed E-state index contributed by atoms with van der Waals surface area (Å²) in [5.41, 5.74) is 0.812. The van der Waals surface area contributed by atoms with Crippen LogP contribution in [0.15, 0.2) is 65.2 Å². The fourth-order valence-electron chi connectivity index (χ4n) is 2.44. The van der Waals surface area contributed by atoms with Crippen molar-refractivity contribution in [3.63, 3.8) is 0 Å². The molecule has 0 radical (unpaired) electrons. The predicted octanol–water partition coefficient (Wildman–Crippen LogP) is 3.53. The van der Waals surface area contributed by atoms with Crippen LogP contribution < -0.4 is 10.1 Å². The maximum absolute atomic E-state index is 12.7. The summed E-state index contributed by atoms with van der Waals surface area (Å²) in [6.07, 6.45) is -1.15. The molecule has 138 valence electrons. The third-order valence-corrected chi connectivity index (χ3v) is 3.75. The summed E-state index contributed by atoms with van der Waals surface area (Å²) in [6.45, 7) is 1.71. The summed E-state index contributed by atoms with van der Waals surface area (Å²) in [7, 11) is 1.50. The molecule has 1 unspecified atom stereocenters. The minimum absolute atomic E-state index is 0.246. The van der Waals surface area contributed by atoms with Crippen LogP contribution in [0.4, 0.5) is 5.82 Å². The van der Waals surface area contributed by atoms with Gasteiger partial charge in [-0.3, -0.25) is 4.79 Å². The van der Waals surface area contributed by atoms with Gasteiger partial charge in [0.1, 0.15) is 11.5 Å². The zero-order valence-corrected chi connectivity index (χ0v) is 14.8. The van der Waals surface area contributed by atoms with Gasteiger partial charge in [0, 0.05) is 11.6 Å². The first-order chi connectivity index (χ1) is 13.1. The second kappa shape index (κ2) is 8.18. The standard InChI is InChI=1S/C20H18N2O5/c1-13-11-17(22-27-13)21-19(23)18(14-7-4-3-5-8-14)26-20(24)15-9-6-10-16(12-15)25-2/h3-12,18H,1-2H3,(H,21,22,23). The fourth-order valence-corrected chi connectivity index (χ4v) is 2.44. The van der Waals surface area contributed by atoms with Crippen molar-refractivity contribution in [2.45, 2.75) is 13.0 Å². The monoisotopic (exact) mass is 366 g/mol. The fraction of sp³-hybridized carbons (Fsp3) is 0.150. The minimum Gasteiger partial charge on any atom is -0.497 e. The summed E-state index contributed by atoms with van der Waals surface area (Å²) in [4.78, 5) is 25.3. The van der Waals surface area contributed by atoms with Crippen LogP contribution in [0.3, 0.4) is 0 Å². The van der Waals surface area contributed by atoms with Crippen molar-refractivity contribution in [3.8, 4) is 5.75 Å². The number of carbonyl (C=O) groups is 2. The van der Waals surface area contributed by atoms with Gasteiger partial charge in [0.2, 0.25) is 6.10 Å². The average Bonchev–Trinajstić information content (AvgIpc) is 3.11. The van der Waals surface area contributed by atoms with Crippen molar-refractivity contribution in [1.29, 1.82) is 0 Å². The first-order valence-corrected chi connectivity index (χ1v) is 8.21. The molecule has 1 amide bonds. The van der Waals surface area contributed by atoms with E-state index >= 15 is 0 Å². The van der Waals surface area contributed by atoms with Gasteiger partial charge in [-0.05, 0) is 25.1 Å². The molecule has 0 saturated heterocycles. The molecule has 1 heterocycles. The Labute approximate surface area is 155 Å². The molecule has 0 aliphatic heterocycles. The zero-order chi connectivity index (χ0) is 19.2. The quantitative estimate of drug-likeness (QED) is 0.671. The van der Waals surface area contributed by atoms with E-state index in [0.29, 0.717) is 17.1 Å². The van der Waals surface area contributed by atoms with E-state index in [2.05, 4.69) is 10.5 Å². The van der Waals surface area contributed by atoms with Crippen LogP contribution in [-0.2, 0) is 9.53 Å². The van der Waals surface area contributed by atoms with Crippen LogP contribution in [0, 0.1) is 6.92 Å². The number of methoxy groups -OCH3 is 1. The molecule has 1 aromatic heterocycles. The number of nitrogens with one attached hydrogen (secondary N) is 1. The molecule has 0 spiro atoms. The van der Waals surface area contributed by atoms with Crippen LogP contribution in [-0.4, -0.2) is 24.1 Å². The van der Waals surface area contributed by atoms with E-state index in [9.17, 15) is 9.59 Å². The number of nitrogens with zero attached hydrogens (tertiary/aromatic N) is 1. The highest BCUT2D eigenvalue weighted by Crippen LogP contribution is 2.23. The number of aromatic nitrogens is 1. The van der Waals surface area contributed by atoms with Gasteiger partial charge in [0.15, 0.2) is 5.82 Å². The number of benzene rings is 2. The summed E-state index contributed by atoms with van der Waals surface area (Å²) in [6, 6.07) is 16.8. The molecule has 0 aliphatic carbocycles. The average molecular weight is 366 g/mol. The molecule has 3 rings (SSSR count). The molecule has 3 aromatic rings. The van der Waals surface area contributed by atoms with E-state index in [0.717, 1.165) is 0 Å². The molecule has 0 fully saturated rings. The normalized spacial score (nSPS) is 11.5. The van der Waals surface area contributed by atoms with Gasteiger partial charge in [-0.15, -0.1) is 0 Å². The van der Waals surface area contributed by atoms with Gasteiger partial charge in [0.05, 0.1) is 12.7 Å². The van der Waals surface area contributed by atoms with Crippen molar-refractivity contribution in [1.82, 2.24) is 5.16 Å². The highest BCUT2D eigenvalue weighted by molar-refractivity contribution is 5.97. The van der Waals surface area contributed by atoms with Crippen LogP contribution in [0.2, 0.25) is 0 Å². The first kappa shape index (κ1) is 18.2. The molecule has 7 nitrogen and oxygen atoms in total. The Morgan fingerprint density at radius 2 is 1.85 bits per heavy atom. The summed E-state index contributed by atoms with van der Waals surface area (Å²) < 4.78 is 15.6. The second-order valence-electron chi connectivity index (χ2n) is 5.74. The van der Waals surface area contributed by atoms with E-state index in [1.165, 1.54) is 7.11 Å². The van der Waals surface area contributed by atoms with Crippen LogP contribution in [0.5, 0.6) is 5.75 Å². The third-order valence-electron chi connectivity index (χ3n) is 3.75. The van der Waals surface area contributed by atoms with Gasteiger partial charge in [0.25, 0.3) is 5.91 Å². The second-order valence-corrected chi connectivity index (χ2v) is 5.74. The Balaban J connectivity index is 1.83. The minimum atomic E-state index is -1.15. The Hall–Kier alpha value is -3.61. The topological polar surface area (TPSA) is 90.7 Å². The number of aryl methyl sites for hydroxylation is 1. The molecule has 0 aliphatic rings. The summed E-state index contributed by atoms with van der Waals surface area (Å²) >= 11 is 0. The Bertz CT molecular complexity index is 936. The first-order valence-electron chi connectivity index (χ1n) is 8.21. The van der Waals surface area contributed by atoms with Crippen molar-refractivity contribution >= 4 is 17.7 Å². The number of carbonyl (C=O) groups excluding carboxylic acids is 2. The molecular weight excluding hydrogens is 348 g/mol. The van der Waals surface area contributed by atoms with E-state index in [1.54, 1.807) is 61.5 Å². The van der Waals surface area contributed by atoms with E-state index in [4.69, 9.17) is 14.0 Å². The molecular formula is C20H18N2O5. The number of amides is 1. The van der Waals surface area contributed by atoms with Crippen molar-refractivity contribution < 1.29 is 23.6 Å². The Morgan fingerprint density at radius 3 is 2.52 bits per heavy atom. The lowest BCUT2D eigenvalue weighted by molar-refractivity contribution is -0.125. The SMILES string of the molecule is COc1cccc(C(=O)OC(C(=O)Nc2cc(C)on2)c2ccccc2)c1. The lowest BCUT2D eigenvalue weighted by atomic mass is 10.1. The third kappa shape index (κ3) is 4.52. The zero-order valence-electron chi connectivity index (χ0n) is 14.8. The molecule has 27 heavy (non-hydrogen) atoms. The Morgan fingerprint density at radius 1 is 1.07 bits per heavy atom. The van der Waals surface area contributed by atoms with Gasteiger partial charge < -0.3 is 19.3 Å². The summed E-state index contributed by atoms with van der Waals surface area (Å²) in [5, 5.41) is 6.32. The smallest absolute Gasteiger partial charge is 0.339 e. The largest absolute Gasteiger partial charge is 0.497 e. The number of hydrogen-bond acceptors (Lipinski definition) is 6. The molecule has 7 heteroatoms. The highest BCUT2D eigenvalue weighted by Gasteiger charge is 2.26. The Kier molecular flexibility index (Phi) is 5.51. The van der Waals surface area contributed by atoms with Crippen LogP contribution >= 0.6 is 0 Å². The summed E-state index contributed by atoms with van der Waals surface area (Å²) in [5.74, 6) is 0.133. The number of anilines is 1. The number of esters is 1. The van der Waals surface area contributed by atoms with Crippen molar-refractivity contribution in [2.75, 3.05) is 12.4 Å². The van der Waals surface area contributed by atoms with Gasteiger partial charge in [-0.25, -0.2) is 4.79 Å². The highest BCUT2D eigenvalue weighted by atomic mass is 16.5. The van der Waals surface area contributed by atoms with E-state index in [-0.39, 0.29) is 11.4 Å². The van der Waals surface area contributed by atoms with E-state index < -0.39 is 18.0 Å². The molecule has 1 N–H and O–H groups in total. The maximum Gasteiger partial charge on any atom is 0.339 e. The molecule has 2 aromatic carbocycles. The predicted molar refractivity (Wildman–Crippen MR) is 97.5 cm³/mol. The lowest BCUT2D eigenvalue weighted by Gasteiger charge is -2.17. The van der Waals surface area contributed by atoms with Crippen LogP contribution in [0.1, 0.15) is 27.8 Å². The van der Waals surface area contributed by atoms with Gasteiger partial charge in [-0.1, -0.05) is 41.6 Å². The lowest BCUT2D eigenvalue weighted by Crippen LogP contribution is -2.26. The molecule has 0 saturated carbocycles. The number of hydrogen-bond donors (Lipinski definition) is 1. The molecule has 0 bridgehead atoms. The van der Waals surface area contributed by atoms with Gasteiger partial charge in [-0.2, -0.15) is 0 Å². The molecule has 1 atom stereocenters. The van der Waals surface area contributed by atoms with Crippen molar-refractivity contribution in [2.24, 2.45) is 0 Å². The van der Waals surface area contributed by atoms with E-state index in [1.807, 2.05) is 6.07 Å². The number of ether oxygens (including phenoxy) is 2. The van der Waals surface area contributed by atoms with Gasteiger partial charge >= 0.3 is 5.97 Å².